The Bertz CT molecular complexity index is 646. The van der Waals surface area contributed by atoms with Crippen molar-refractivity contribution in [2.24, 2.45) is 0 Å². The minimum Gasteiger partial charge on any atom is -0.494 e. The maximum absolute atomic E-state index is 11.2. The Morgan fingerprint density at radius 1 is 1.37 bits per heavy atom. The molecule has 0 aliphatic rings. The van der Waals surface area contributed by atoms with Gasteiger partial charge in [0.25, 0.3) is 0 Å². The van der Waals surface area contributed by atoms with E-state index in [4.69, 9.17) is 9.84 Å². The molecule has 0 radical (unpaired) electrons. The molecule has 0 aliphatic carbocycles. The van der Waals surface area contributed by atoms with E-state index in [0.717, 1.165) is 6.20 Å². The fourth-order valence-electron chi connectivity index (χ4n) is 1.67. The summed E-state index contributed by atoms with van der Waals surface area (Å²) in [5.74, 6) is -0.466. The Kier molecular flexibility index (Phi) is 3.61. The average molecular weight is 260 g/mol. The first kappa shape index (κ1) is 12.8. The second kappa shape index (κ2) is 5.34. The number of benzene rings is 1. The first-order valence-electron chi connectivity index (χ1n) is 5.67. The molecule has 0 bridgehead atoms. The number of carboxylic acid groups (broad SMARTS) is 1. The van der Waals surface area contributed by atoms with E-state index < -0.39 is 11.7 Å². The van der Waals surface area contributed by atoms with Gasteiger partial charge in [0.2, 0.25) is 0 Å². The minimum absolute atomic E-state index is 0.0521. The molecule has 6 heteroatoms. The van der Waals surface area contributed by atoms with Crippen LogP contribution in [-0.2, 0) is 0 Å². The normalized spacial score (nSPS) is 10.2. The van der Waals surface area contributed by atoms with E-state index in [0.29, 0.717) is 17.9 Å². The van der Waals surface area contributed by atoms with E-state index in [9.17, 15) is 9.59 Å². The maximum Gasteiger partial charge on any atom is 0.345 e. The van der Waals surface area contributed by atoms with Gasteiger partial charge < -0.3 is 14.8 Å². The number of aromatic carboxylic acids is 1. The van der Waals surface area contributed by atoms with Crippen molar-refractivity contribution in [2.75, 3.05) is 6.61 Å². The first-order valence-corrected chi connectivity index (χ1v) is 5.67. The molecule has 0 fully saturated rings. The van der Waals surface area contributed by atoms with Crippen LogP contribution in [0.5, 0.6) is 5.75 Å². The van der Waals surface area contributed by atoms with Crippen molar-refractivity contribution in [1.29, 1.82) is 0 Å². The number of carboxylic acids is 1. The van der Waals surface area contributed by atoms with Gasteiger partial charge in [-0.2, -0.15) is 0 Å². The lowest BCUT2D eigenvalue weighted by molar-refractivity contribution is 0.0697. The monoisotopic (exact) mass is 260 g/mol. The Labute approximate surface area is 108 Å². The lowest BCUT2D eigenvalue weighted by atomic mass is 10.1. The Morgan fingerprint density at radius 3 is 2.63 bits per heavy atom. The smallest absolute Gasteiger partial charge is 0.345 e. The quantitative estimate of drug-likeness (QED) is 0.869. The fraction of sp³-hybridized carbons (Fsp3) is 0.154. The Hall–Kier alpha value is -2.63. The van der Waals surface area contributed by atoms with Gasteiger partial charge in [0.1, 0.15) is 11.3 Å². The molecule has 0 spiro atoms. The van der Waals surface area contributed by atoms with Crippen molar-refractivity contribution in [3.05, 3.63) is 46.5 Å². The summed E-state index contributed by atoms with van der Waals surface area (Å²) < 4.78 is 5.30. The van der Waals surface area contributed by atoms with Crippen LogP contribution >= 0.6 is 0 Å². The molecule has 0 unspecified atom stereocenters. The molecular weight excluding hydrogens is 248 g/mol. The van der Waals surface area contributed by atoms with Gasteiger partial charge in [-0.05, 0) is 36.8 Å². The molecule has 0 atom stereocenters. The standard InChI is InChI=1S/C13H12N2O4/c1-2-19-9-5-3-8(4-6-9)11-10(12(16)17)7-14-13(18)15-11/h3-7H,2H2,1H3,(H,16,17)(H,14,15,18). The van der Waals surface area contributed by atoms with Gasteiger partial charge in [0.05, 0.1) is 12.3 Å². The van der Waals surface area contributed by atoms with E-state index >= 15 is 0 Å². The summed E-state index contributed by atoms with van der Waals surface area (Å²) in [6.45, 7) is 2.42. The van der Waals surface area contributed by atoms with Crippen molar-refractivity contribution < 1.29 is 14.6 Å². The summed E-state index contributed by atoms with van der Waals surface area (Å²) in [5, 5.41) is 9.07. The van der Waals surface area contributed by atoms with Crippen LogP contribution in [0, 0.1) is 0 Å². The lowest BCUT2D eigenvalue weighted by Gasteiger charge is -2.07. The summed E-state index contributed by atoms with van der Waals surface area (Å²) in [5.41, 5.74) is 0.175. The maximum atomic E-state index is 11.2. The highest BCUT2D eigenvalue weighted by Crippen LogP contribution is 2.22. The number of hydrogen-bond donors (Lipinski definition) is 2. The highest BCUT2D eigenvalue weighted by Gasteiger charge is 2.13. The molecule has 0 saturated heterocycles. The number of aromatic nitrogens is 2. The molecule has 0 amide bonds. The number of ether oxygens (including phenoxy) is 1. The van der Waals surface area contributed by atoms with Gasteiger partial charge in [-0.3, -0.25) is 0 Å². The van der Waals surface area contributed by atoms with Gasteiger partial charge >= 0.3 is 11.7 Å². The predicted molar refractivity (Wildman–Crippen MR) is 68.4 cm³/mol. The molecule has 98 valence electrons. The third-order valence-corrected chi connectivity index (χ3v) is 2.50. The van der Waals surface area contributed by atoms with Gasteiger partial charge in [-0.15, -0.1) is 0 Å². The topological polar surface area (TPSA) is 92.3 Å². The van der Waals surface area contributed by atoms with Crippen LogP contribution in [0.4, 0.5) is 0 Å². The zero-order valence-corrected chi connectivity index (χ0v) is 10.2. The van der Waals surface area contributed by atoms with Crippen molar-refractivity contribution in [3.8, 4) is 17.0 Å². The average Bonchev–Trinajstić information content (AvgIpc) is 2.39. The summed E-state index contributed by atoms with van der Waals surface area (Å²) in [6, 6.07) is 6.79. The third kappa shape index (κ3) is 2.79. The van der Waals surface area contributed by atoms with Gasteiger partial charge in [-0.25, -0.2) is 14.6 Å². The van der Waals surface area contributed by atoms with Gasteiger partial charge in [-0.1, -0.05) is 0 Å². The summed E-state index contributed by atoms with van der Waals surface area (Å²) >= 11 is 0. The van der Waals surface area contributed by atoms with Crippen LogP contribution < -0.4 is 10.4 Å². The molecule has 1 heterocycles. The number of rotatable bonds is 4. The van der Waals surface area contributed by atoms with E-state index in [2.05, 4.69) is 9.97 Å². The Morgan fingerprint density at radius 2 is 2.05 bits per heavy atom. The summed E-state index contributed by atoms with van der Waals surface area (Å²) in [6.07, 6.45) is 1.05. The van der Waals surface area contributed by atoms with Crippen molar-refractivity contribution >= 4 is 5.97 Å². The number of nitrogens with zero attached hydrogens (tertiary/aromatic N) is 1. The molecule has 0 saturated carbocycles. The molecule has 19 heavy (non-hydrogen) atoms. The number of hydrogen-bond acceptors (Lipinski definition) is 4. The fourth-order valence-corrected chi connectivity index (χ4v) is 1.67. The number of nitrogens with one attached hydrogen (secondary N) is 1. The zero-order chi connectivity index (χ0) is 13.8. The van der Waals surface area contributed by atoms with Crippen LogP contribution in [0.2, 0.25) is 0 Å². The van der Waals surface area contributed by atoms with Crippen LogP contribution in [0.15, 0.2) is 35.3 Å². The van der Waals surface area contributed by atoms with Crippen molar-refractivity contribution in [1.82, 2.24) is 9.97 Å². The molecule has 2 N–H and O–H groups in total. The number of aromatic amines is 1. The van der Waals surface area contributed by atoms with E-state index in [-0.39, 0.29) is 11.3 Å². The van der Waals surface area contributed by atoms with E-state index in [1.54, 1.807) is 24.3 Å². The Balaban J connectivity index is 2.48. The van der Waals surface area contributed by atoms with Crippen molar-refractivity contribution in [2.45, 2.75) is 6.92 Å². The van der Waals surface area contributed by atoms with E-state index in [1.807, 2.05) is 6.92 Å². The SMILES string of the molecule is CCOc1ccc(-c2[nH]c(=O)ncc2C(=O)O)cc1. The molecule has 1 aromatic heterocycles. The van der Waals surface area contributed by atoms with E-state index in [1.165, 1.54) is 0 Å². The van der Waals surface area contributed by atoms with Crippen LogP contribution in [0.3, 0.4) is 0 Å². The lowest BCUT2D eigenvalue weighted by Crippen LogP contribution is -2.14. The first-order chi connectivity index (χ1) is 9.11. The van der Waals surface area contributed by atoms with Gasteiger partial charge in [0.15, 0.2) is 0 Å². The second-order valence-electron chi connectivity index (χ2n) is 3.74. The third-order valence-electron chi connectivity index (χ3n) is 2.50. The van der Waals surface area contributed by atoms with Gasteiger partial charge in [0, 0.05) is 6.20 Å². The minimum atomic E-state index is -1.15. The largest absolute Gasteiger partial charge is 0.494 e. The summed E-state index contributed by atoms with van der Waals surface area (Å²) in [4.78, 5) is 28.2. The van der Waals surface area contributed by atoms with Crippen molar-refractivity contribution in [3.63, 3.8) is 0 Å². The second-order valence-corrected chi connectivity index (χ2v) is 3.74. The highest BCUT2D eigenvalue weighted by atomic mass is 16.5. The molecule has 0 aliphatic heterocycles. The number of carbonyl (C=O) groups is 1. The molecular formula is C13H12N2O4. The molecule has 1 aromatic carbocycles. The predicted octanol–water partition coefficient (Wildman–Crippen LogP) is 1.53. The van der Waals surface area contributed by atoms with Crippen LogP contribution in [0.1, 0.15) is 17.3 Å². The van der Waals surface area contributed by atoms with Crippen LogP contribution in [-0.4, -0.2) is 27.7 Å². The molecule has 2 rings (SSSR count). The molecule has 6 nitrogen and oxygen atoms in total. The zero-order valence-electron chi connectivity index (χ0n) is 10.2. The highest BCUT2D eigenvalue weighted by molar-refractivity contribution is 5.94. The molecule has 2 aromatic rings. The number of H-pyrrole nitrogens is 1. The summed E-state index contributed by atoms with van der Waals surface area (Å²) in [7, 11) is 0. The van der Waals surface area contributed by atoms with Crippen LogP contribution in [0.25, 0.3) is 11.3 Å².